The van der Waals surface area contributed by atoms with Crippen molar-refractivity contribution < 1.29 is 27.8 Å². The van der Waals surface area contributed by atoms with E-state index in [2.05, 4.69) is 15.0 Å². The summed E-state index contributed by atoms with van der Waals surface area (Å²) in [6, 6.07) is 9.00. The molecule has 1 aliphatic rings. The topological polar surface area (TPSA) is 84.0 Å². The van der Waals surface area contributed by atoms with Crippen LogP contribution in [0.5, 0.6) is 5.75 Å². The molecular weight excluding hydrogens is 410 g/mol. The summed E-state index contributed by atoms with van der Waals surface area (Å²) in [5, 5.41) is 2.72. The van der Waals surface area contributed by atoms with Crippen LogP contribution >= 0.6 is 0 Å². The Bertz CT molecular complexity index is 895. The molecule has 0 bridgehead atoms. The van der Waals surface area contributed by atoms with Crippen molar-refractivity contribution in [1.82, 2.24) is 9.88 Å². The van der Waals surface area contributed by atoms with Crippen LogP contribution in [0.4, 0.5) is 25.1 Å². The molecule has 0 radical (unpaired) electrons. The summed E-state index contributed by atoms with van der Waals surface area (Å²) in [5.41, 5.74) is 0.764. The van der Waals surface area contributed by atoms with E-state index >= 15 is 0 Å². The molecule has 8 nitrogen and oxygen atoms in total. The van der Waals surface area contributed by atoms with Crippen molar-refractivity contribution >= 4 is 23.5 Å². The lowest BCUT2D eigenvalue weighted by Crippen LogP contribution is -2.38. The van der Waals surface area contributed by atoms with Crippen molar-refractivity contribution in [2.45, 2.75) is 20.0 Å². The summed E-state index contributed by atoms with van der Waals surface area (Å²) in [4.78, 5) is 32.4. The van der Waals surface area contributed by atoms with Crippen LogP contribution in [0.3, 0.4) is 0 Å². The fraction of sp³-hybridized carbons (Fsp3) is 0.381. The molecule has 3 rings (SSSR count). The molecule has 1 aliphatic heterocycles. The number of ether oxygens (including phenoxy) is 2. The van der Waals surface area contributed by atoms with Gasteiger partial charge in [-0.1, -0.05) is 6.07 Å². The molecule has 1 aromatic carbocycles. The highest BCUT2D eigenvalue weighted by molar-refractivity contribution is 5.90. The van der Waals surface area contributed by atoms with Gasteiger partial charge >= 0.3 is 18.6 Å². The van der Waals surface area contributed by atoms with Crippen molar-refractivity contribution in [3.05, 3.63) is 48.2 Å². The van der Waals surface area contributed by atoms with Crippen LogP contribution in [0.25, 0.3) is 0 Å². The molecule has 0 atom stereocenters. The number of carbonyl (C=O) groups excluding carboxylic acids is 2. The van der Waals surface area contributed by atoms with Crippen LogP contribution in [0.15, 0.2) is 42.6 Å². The summed E-state index contributed by atoms with van der Waals surface area (Å²) in [6.45, 7) is 1.38. The zero-order chi connectivity index (χ0) is 22.2. The third-order valence-electron chi connectivity index (χ3n) is 4.68. The number of hydrogen-bond acceptors (Lipinski definition) is 6. The molecule has 10 heteroatoms. The Labute approximate surface area is 178 Å². The lowest BCUT2D eigenvalue weighted by Gasteiger charge is -2.23. The zero-order valence-corrected chi connectivity index (χ0v) is 17.1. The number of alkyl halides is 2. The van der Waals surface area contributed by atoms with Crippen molar-refractivity contribution in [3.8, 4) is 5.75 Å². The number of hydrogen-bond donors (Lipinski definition) is 1. The molecule has 166 valence electrons. The number of pyridine rings is 1. The minimum atomic E-state index is -2.93. The number of nitrogens with zero attached hydrogens (tertiary/aromatic N) is 3. The first-order valence-electron chi connectivity index (χ1n) is 9.95. The predicted molar refractivity (Wildman–Crippen MR) is 111 cm³/mol. The third kappa shape index (κ3) is 6.27. The highest BCUT2D eigenvalue weighted by atomic mass is 19.3. The number of halogens is 2. The third-order valence-corrected chi connectivity index (χ3v) is 4.68. The zero-order valence-electron chi connectivity index (χ0n) is 17.1. The fourth-order valence-electron chi connectivity index (χ4n) is 3.21. The SMILES string of the molecule is CCOC(=O)c1ccc(N2CCCN(C(=O)Nc3cccc(OC(F)F)c3)CC2)nc1. The van der Waals surface area contributed by atoms with E-state index in [0.29, 0.717) is 49.9 Å². The quantitative estimate of drug-likeness (QED) is 0.700. The van der Waals surface area contributed by atoms with Gasteiger partial charge in [0.05, 0.1) is 12.2 Å². The van der Waals surface area contributed by atoms with Gasteiger partial charge in [-0.05, 0) is 37.6 Å². The minimum Gasteiger partial charge on any atom is -0.462 e. The van der Waals surface area contributed by atoms with Gasteiger partial charge in [-0.3, -0.25) is 0 Å². The van der Waals surface area contributed by atoms with E-state index in [1.54, 1.807) is 30.0 Å². The van der Waals surface area contributed by atoms with E-state index in [4.69, 9.17) is 4.74 Å². The average Bonchev–Trinajstić information content (AvgIpc) is 3.00. The maximum absolute atomic E-state index is 12.6. The first-order chi connectivity index (χ1) is 15.0. The number of urea groups is 1. The smallest absolute Gasteiger partial charge is 0.387 e. The van der Waals surface area contributed by atoms with Gasteiger partial charge in [-0.25, -0.2) is 14.6 Å². The van der Waals surface area contributed by atoms with E-state index in [0.717, 1.165) is 6.42 Å². The largest absolute Gasteiger partial charge is 0.462 e. The van der Waals surface area contributed by atoms with Gasteiger partial charge in [0, 0.05) is 44.1 Å². The van der Waals surface area contributed by atoms with E-state index in [1.165, 1.54) is 24.4 Å². The predicted octanol–water partition coefficient (Wildman–Crippen LogP) is 3.60. The van der Waals surface area contributed by atoms with Crippen molar-refractivity contribution in [3.63, 3.8) is 0 Å². The molecule has 1 saturated heterocycles. The maximum Gasteiger partial charge on any atom is 0.387 e. The molecule has 2 heterocycles. The van der Waals surface area contributed by atoms with Crippen LogP contribution in [0.1, 0.15) is 23.7 Å². The lowest BCUT2D eigenvalue weighted by atomic mass is 10.2. The number of anilines is 2. The molecular formula is C21H24F2N4O4. The summed E-state index contributed by atoms with van der Waals surface area (Å²) in [5.74, 6) is 0.280. The van der Waals surface area contributed by atoms with Gasteiger partial charge in [-0.15, -0.1) is 0 Å². The summed E-state index contributed by atoms with van der Waals surface area (Å²) >= 11 is 0. The highest BCUT2D eigenvalue weighted by Gasteiger charge is 2.20. The fourth-order valence-corrected chi connectivity index (χ4v) is 3.21. The second-order valence-electron chi connectivity index (χ2n) is 6.79. The first-order valence-corrected chi connectivity index (χ1v) is 9.95. The molecule has 31 heavy (non-hydrogen) atoms. The minimum absolute atomic E-state index is 0.0211. The Kier molecular flexibility index (Phi) is 7.58. The van der Waals surface area contributed by atoms with Crippen LogP contribution in [-0.4, -0.2) is 61.3 Å². The van der Waals surface area contributed by atoms with Crippen LogP contribution in [-0.2, 0) is 4.74 Å². The van der Waals surface area contributed by atoms with Gasteiger partial charge in [-0.2, -0.15) is 8.78 Å². The van der Waals surface area contributed by atoms with Crippen molar-refractivity contribution in [2.75, 3.05) is 43.0 Å². The van der Waals surface area contributed by atoms with E-state index in [1.807, 2.05) is 4.90 Å². The van der Waals surface area contributed by atoms with Crippen LogP contribution in [0.2, 0.25) is 0 Å². The molecule has 2 amide bonds. The second kappa shape index (κ2) is 10.6. The summed E-state index contributed by atoms with van der Waals surface area (Å²) in [7, 11) is 0. The first kappa shape index (κ1) is 22.3. The number of amides is 2. The van der Waals surface area contributed by atoms with Gasteiger partial charge in [0.25, 0.3) is 0 Å². The summed E-state index contributed by atoms with van der Waals surface area (Å²) in [6.07, 6.45) is 2.21. The molecule has 0 saturated carbocycles. The lowest BCUT2D eigenvalue weighted by molar-refractivity contribution is -0.0498. The maximum atomic E-state index is 12.6. The molecule has 2 aromatic rings. The molecule has 0 spiro atoms. The van der Waals surface area contributed by atoms with Gasteiger partial charge in [0.15, 0.2) is 0 Å². The van der Waals surface area contributed by atoms with E-state index in [-0.39, 0.29) is 11.8 Å². The van der Waals surface area contributed by atoms with Gasteiger partial charge < -0.3 is 24.6 Å². The Morgan fingerprint density at radius 3 is 2.71 bits per heavy atom. The molecule has 1 aromatic heterocycles. The number of rotatable bonds is 6. The van der Waals surface area contributed by atoms with Crippen LogP contribution < -0.4 is 15.0 Å². The summed E-state index contributed by atoms with van der Waals surface area (Å²) < 4.78 is 34.1. The molecule has 0 aliphatic carbocycles. The second-order valence-corrected chi connectivity index (χ2v) is 6.79. The molecule has 1 fully saturated rings. The number of esters is 1. The van der Waals surface area contributed by atoms with Crippen LogP contribution in [0, 0.1) is 0 Å². The average molecular weight is 434 g/mol. The Morgan fingerprint density at radius 1 is 1.16 bits per heavy atom. The number of benzene rings is 1. The monoisotopic (exact) mass is 434 g/mol. The normalized spacial score (nSPS) is 14.2. The number of carbonyl (C=O) groups is 2. The van der Waals surface area contributed by atoms with Gasteiger partial charge in [0.2, 0.25) is 0 Å². The highest BCUT2D eigenvalue weighted by Crippen LogP contribution is 2.20. The van der Waals surface area contributed by atoms with Gasteiger partial charge in [0.1, 0.15) is 11.6 Å². The Hall–Kier alpha value is -3.43. The molecule has 1 N–H and O–H groups in total. The standard InChI is InChI=1S/C21H24F2N4O4/c1-2-30-19(28)15-7-8-18(24-14-15)26-9-4-10-27(12-11-26)21(29)25-16-5-3-6-17(13-16)31-20(22)23/h3,5-8,13-14,20H,2,4,9-12H2,1H3,(H,25,29). The molecule has 0 unspecified atom stereocenters. The van der Waals surface area contributed by atoms with Crippen molar-refractivity contribution in [2.24, 2.45) is 0 Å². The number of nitrogens with one attached hydrogen (secondary N) is 1. The van der Waals surface area contributed by atoms with Crippen molar-refractivity contribution in [1.29, 1.82) is 0 Å². The van der Waals surface area contributed by atoms with E-state index in [9.17, 15) is 18.4 Å². The van der Waals surface area contributed by atoms with E-state index < -0.39 is 12.6 Å². The Balaban J connectivity index is 1.57. The number of aromatic nitrogens is 1. The Morgan fingerprint density at radius 2 is 2.00 bits per heavy atom.